The standard InChI is InChI=1S/C21H23N3O6S2/c1-32(28,29)14-2-3-15-16(11-14)23-21(27)24(20(15)26)17(10-13-4-7-30-8-5-13)18(25)12-19-22-6-9-31-19/h2-3,6,9,11,13,17H,4-5,7-8,10,12H2,1H3,(H,23,27). The van der Waals surface area contributed by atoms with Gasteiger partial charge in [0.15, 0.2) is 15.6 Å². The Balaban J connectivity index is 1.79. The molecule has 0 amide bonds. The van der Waals surface area contributed by atoms with E-state index in [0.717, 1.165) is 23.7 Å². The highest BCUT2D eigenvalue weighted by Gasteiger charge is 2.29. The molecule has 0 radical (unpaired) electrons. The Morgan fingerprint density at radius 2 is 2.06 bits per heavy atom. The fraction of sp³-hybridized carbons (Fsp3) is 0.429. The van der Waals surface area contributed by atoms with E-state index in [9.17, 15) is 22.8 Å². The zero-order chi connectivity index (χ0) is 22.9. The molecule has 0 spiro atoms. The lowest BCUT2D eigenvalue weighted by molar-refractivity contribution is -0.122. The van der Waals surface area contributed by atoms with Gasteiger partial charge in [-0.15, -0.1) is 11.3 Å². The Hall–Kier alpha value is -2.63. The van der Waals surface area contributed by atoms with E-state index >= 15 is 0 Å². The fourth-order valence-electron chi connectivity index (χ4n) is 4.01. The Morgan fingerprint density at radius 1 is 1.31 bits per heavy atom. The van der Waals surface area contributed by atoms with Crippen molar-refractivity contribution in [1.82, 2.24) is 14.5 Å². The van der Waals surface area contributed by atoms with Gasteiger partial charge in [0.1, 0.15) is 6.04 Å². The van der Waals surface area contributed by atoms with Crippen LogP contribution in [0.2, 0.25) is 0 Å². The minimum atomic E-state index is -3.51. The molecule has 32 heavy (non-hydrogen) atoms. The number of H-pyrrole nitrogens is 1. The molecule has 0 bridgehead atoms. The number of aromatic amines is 1. The molecule has 170 valence electrons. The van der Waals surface area contributed by atoms with Crippen LogP contribution >= 0.6 is 11.3 Å². The first-order valence-electron chi connectivity index (χ1n) is 10.2. The van der Waals surface area contributed by atoms with Crippen molar-refractivity contribution in [2.45, 2.75) is 36.6 Å². The van der Waals surface area contributed by atoms with Gasteiger partial charge in [0.05, 0.1) is 27.2 Å². The fourth-order valence-corrected chi connectivity index (χ4v) is 5.28. The summed E-state index contributed by atoms with van der Waals surface area (Å²) in [5.41, 5.74) is -1.23. The van der Waals surface area contributed by atoms with Crippen LogP contribution in [0.15, 0.2) is 44.3 Å². The van der Waals surface area contributed by atoms with Crippen LogP contribution in [-0.4, -0.2) is 48.2 Å². The predicted molar refractivity (Wildman–Crippen MR) is 120 cm³/mol. The second kappa shape index (κ2) is 9.08. The Kier molecular flexibility index (Phi) is 6.40. The largest absolute Gasteiger partial charge is 0.381 e. The maximum absolute atomic E-state index is 13.3. The highest BCUT2D eigenvalue weighted by atomic mass is 32.2. The zero-order valence-electron chi connectivity index (χ0n) is 17.4. The molecule has 1 fully saturated rings. The molecule has 2 aromatic heterocycles. The van der Waals surface area contributed by atoms with Crippen molar-refractivity contribution < 1.29 is 17.9 Å². The van der Waals surface area contributed by atoms with Gasteiger partial charge in [0.2, 0.25) is 0 Å². The van der Waals surface area contributed by atoms with Crippen molar-refractivity contribution in [3.05, 3.63) is 55.6 Å². The molecule has 4 rings (SSSR count). The summed E-state index contributed by atoms with van der Waals surface area (Å²) in [4.78, 5) is 46.3. The van der Waals surface area contributed by atoms with Gasteiger partial charge in [-0.05, 0) is 43.4 Å². The number of carbonyl (C=O) groups excluding carboxylic acids is 1. The van der Waals surface area contributed by atoms with Gasteiger partial charge in [-0.25, -0.2) is 22.8 Å². The molecular formula is C21H23N3O6S2. The highest BCUT2D eigenvalue weighted by Crippen LogP contribution is 2.27. The second-order valence-corrected chi connectivity index (χ2v) is 11.0. The number of benzene rings is 1. The Labute approximate surface area is 188 Å². The van der Waals surface area contributed by atoms with Gasteiger partial charge in [0, 0.05) is 31.0 Å². The molecule has 1 unspecified atom stereocenters. The number of hydrogen-bond donors (Lipinski definition) is 1. The van der Waals surface area contributed by atoms with E-state index in [1.807, 2.05) is 0 Å². The third-order valence-electron chi connectivity index (χ3n) is 5.72. The summed E-state index contributed by atoms with van der Waals surface area (Å²) in [5, 5.41) is 2.54. The molecule has 1 atom stereocenters. The topological polar surface area (TPSA) is 128 Å². The summed E-state index contributed by atoms with van der Waals surface area (Å²) in [6.07, 6.45) is 4.54. The number of Topliss-reactive ketones (excluding diaryl/α,β-unsaturated/α-hetero) is 1. The van der Waals surface area contributed by atoms with Crippen LogP contribution in [0.3, 0.4) is 0 Å². The minimum absolute atomic E-state index is 0.00333. The third kappa shape index (κ3) is 4.74. The van der Waals surface area contributed by atoms with Gasteiger partial charge in [-0.2, -0.15) is 0 Å². The molecule has 1 N–H and O–H groups in total. The predicted octanol–water partition coefficient (Wildman–Crippen LogP) is 1.72. The smallest absolute Gasteiger partial charge is 0.329 e. The van der Waals surface area contributed by atoms with Crippen LogP contribution in [0.1, 0.15) is 30.3 Å². The van der Waals surface area contributed by atoms with Crippen LogP contribution in [0.4, 0.5) is 0 Å². The second-order valence-electron chi connectivity index (χ2n) is 7.96. The van der Waals surface area contributed by atoms with E-state index in [4.69, 9.17) is 4.74 Å². The van der Waals surface area contributed by atoms with Crippen LogP contribution in [0.5, 0.6) is 0 Å². The normalized spacial score (nSPS) is 16.3. The van der Waals surface area contributed by atoms with Gasteiger partial charge in [-0.3, -0.25) is 9.59 Å². The first kappa shape index (κ1) is 22.6. The maximum Gasteiger partial charge on any atom is 0.329 e. The molecule has 1 aliphatic rings. The maximum atomic E-state index is 13.3. The number of rotatable bonds is 7. The number of ether oxygens (including phenoxy) is 1. The summed E-state index contributed by atoms with van der Waals surface area (Å²) < 4.78 is 30.1. The van der Waals surface area contributed by atoms with Crippen molar-refractivity contribution in [2.75, 3.05) is 19.5 Å². The van der Waals surface area contributed by atoms with Crippen molar-refractivity contribution in [3.8, 4) is 0 Å². The van der Waals surface area contributed by atoms with E-state index in [-0.39, 0.29) is 33.9 Å². The van der Waals surface area contributed by atoms with E-state index in [0.29, 0.717) is 24.6 Å². The monoisotopic (exact) mass is 477 g/mol. The number of ketones is 1. The van der Waals surface area contributed by atoms with Gasteiger partial charge < -0.3 is 9.72 Å². The van der Waals surface area contributed by atoms with Crippen molar-refractivity contribution in [3.63, 3.8) is 0 Å². The average Bonchev–Trinajstić information content (AvgIpc) is 3.25. The molecule has 3 aromatic rings. The van der Waals surface area contributed by atoms with Crippen molar-refractivity contribution in [2.24, 2.45) is 5.92 Å². The Bertz CT molecular complexity index is 1350. The van der Waals surface area contributed by atoms with E-state index in [1.165, 1.54) is 29.5 Å². The van der Waals surface area contributed by atoms with Crippen LogP contribution in [0, 0.1) is 5.92 Å². The van der Waals surface area contributed by atoms with Gasteiger partial charge >= 0.3 is 5.69 Å². The van der Waals surface area contributed by atoms with Crippen molar-refractivity contribution >= 4 is 37.9 Å². The number of sulfone groups is 1. The molecule has 1 aliphatic heterocycles. The lowest BCUT2D eigenvalue weighted by Crippen LogP contribution is -2.42. The van der Waals surface area contributed by atoms with Gasteiger partial charge in [-0.1, -0.05) is 0 Å². The highest BCUT2D eigenvalue weighted by molar-refractivity contribution is 7.90. The first-order valence-corrected chi connectivity index (χ1v) is 13.0. The summed E-state index contributed by atoms with van der Waals surface area (Å²) in [5.74, 6) is -0.116. The van der Waals surface area contributed by atoms with Crippen molar-refractivity contribution in [1.29, 1.82) is 0 Å². The SMILES string of the molecule is CS(=O)(=O)c1ccc2c(=O)n(C(CC3CCOCC3)C(=O)Cc3nccs3)c(=O)[nH]c2c1. The van der Waals surface area contributed by atoms with E-state index in [1.54, 1.807) is 11.6 Å². The lowest BCUT2D eigenvalue weighted by atomic mass is 9.90. The number of carbonyl (C=O) groups is 1. The first-order chi connectivity index (χ1) is 15.2. The molecule has 3 heterocycles. The van der Waals surface area contributed by atoms with Gasteiger partial charge in [0.25, 0.3) is 5.56 Å². The lowest BCUT2D eigenvalue weighted by Gasteiger charge is -2.26. The molecule has 0 saturated carbocycles. The molecule has 0 aliphatic carbocycles. The molecular weight excluding hydrogens is 454 g/mol. The van der Waals surface area contributed by atoms with E-state index < -0.39 is 27.1 Å². The summed E-state index contributed by atoms with van der Waals surface area (Å²) in [7, 11) is -3.51. The summed E-state index contributed by atoms with van der Waals surface area (Å²) in [6.45, 7) is 1.16. The molecule has 11 heteroatoms. The summed E-state index contributed by atoms with van der Waals surface area (Å²) in [6, 6.07) is 3.02. The quantitative estimate of drug-likeness (QED) is 0.549. The van der Waals surface area contributed by atoms with Crippen LogP contribution in [0.25, 0.3) is 10.9 Å². The molecule has 1 aromatic carbocycles. The number of thiazole rings is 1. The van der Waals surface area contributed by atoms with Crippen LogP contribution < -0.4 is 11.2 Å². The van der Waals surface area contributed by atoms with Crippen LogP contribution in [-0.2, 0) is 25.8 Å². The zero-order valence-corrected chi connectivity index (χ0v) is 19.1. The average molecular weight is 478 g/mol. The summed E-state index contributed by atoms with van der Waals surface area (Å²) >= 11 is 1.34. The molecule has 1 saturated heterocycles. The Morgan fingerprint density at radius 3 is 2.72 bits per heavy atom. The number of hydrogen-bond acceptors (Lipinski definition) is 8. The third-order valence-corrected chi connectivity index (χ3v) is 7.61. The number of nitrogens with zero attached hydrogens (tertiary/aromatic N) is 2. The molecule has 9 nitrogen and oxygen atoms in total. The number of fused-ring (bicyclic) bond motifs is 1. The number of nitrogens with one attached hydrogen (secondary N) is 1. The number of aromatic nitrogens is 3. The minimum Gasteiger partial charge on any atom is -0.381 e. The van der Waals surface area contributed by atoms with E-state index in [2.05, 4.69) is 9.97 Å².